The molecule has 7 nitrogen and oxygen atoms in total. The number of sulfonamides is 1. The summed E-state index contributed by atoms with van der Waals surface area (Å²) < 4.78 is 31.5. The molecule has 0 unspecified atom stereocenters. The SMILES string of the molecule is CCOC(=O)c1cccc(NC(=O)CN(C)S(=O)(=O)c2ccc(Br)s2)c1. The van der Waals surface area contributed by atoms with Crippen molar-refractivity contribution in [2.45, 2.75) is 11.1 Å². The second-order valence-electron chi connectivity index (χ2n) is 5.17. The molecule has 1 heterocycles. The number of carbonyl (C=O) groups is 2. The molecule has 2 rings (SSSR count). The molecule has 140 valence electrons. The topological polar surface area (TPSA) is 92.8 Å². The maximum absolute atomic E-state index is 12.4. The Morgan fingerprint density at radius 1 is 1.27 bits per heavy atom. The third kappa shape index (κ3) is 5.13. The number of halogens is 1. The number of thiophene rings is 1. The van der Waals surface area contributed by atoms with Crippen LogP contribution in [0.3, 0.4) is 0 Å². The highest BCUT2D eigenvalue weighted by molar-refractivity contribution is 9.11. The molecule has 26 heavy (non-hydrogen) atoms. The highest BCUT2D eigenvalue weighted by atomic mass is 79.9. The van der Waals surface area contributed by atoms with Crippen LogP contribution in [0.1, 0.15) is 17.3 Å². The van der Waals surface area contributed by atoms with Crippen LogP contribution < -0.4 is 5.32 Å². The number of nitrogens with zero attached hydrogens (tertiary/aromatic N) is 1. The predicted molar refractivity (Wildman–Crippen MR) is 103 cm³/mol. The molecule has 0 saturated carbocycles. The molecule has 0 bridgehead atoms. The third-order valence-electron chi connectivity index (χ3n) is 3.24. The Hall–Kier alpha value is -1.75. The Morgan fingerprint density at radius 2 is 2.00 bits per heavy atom. The molecule has 2 aromatic rings. The number of hydrogen-bond acceptors (Lipinski definition) is 6. The van der Waals surface area contributed by atoms with E-state index in [2.05, 4.69) is 21.2 Å². The summed E-state index contributed by atoms with van der Waals surface area (Å²) in [5.74, 6) is -1.01. The quantitative estimate of drug-likeness (QED) is 0.641. The molecule has 10 heteroatoms. The zero-order valence-corrected chi connectivity index (χ0v) is 17.3. The normalized spacial score (nSPS) is 11.4. The first-order valence-corrected chi connectivity index (χ1v) is 10.6. The maximum Gasteiger partial charge on any atom is 0.338 e. The van der Waals surface area contributed by atoms with Crippen LogP contribution in [0.15, 0.2) is 44.4 Å². The number of nitrogens with one attached hydrogen (secondary N) is 1. The number of carbonyl (C=O) groups excluding carboxylic acids is 2. The molecular weight excluding hydrogens is 444 g/mol. The van der Waals surface area contributed by atoms with Gasteiger partial charge in [0, 0.05) is 12.7 Å². The van der Waals surface area contributed by atoms with Crippen LogP contribution in [-0.2, 0) is 19.6 Å². The molecule has 0 aliphatic rings. The Morgan fingerprint density at radius 3 is 2.62 bits per heavy atom. The van der Waals surface area contributed by atoms with Gasteiger partial charge in [-0.3, -0.25) is 4.79 Å². The van der Waals surface area contributed by atoms with Crippen molar-refractivity contribution in [3.63, 3.8) is 0 Å². The first kappa shape index (κ1) is 20.6. The van der Waals surface area contributed by atoms with E-state index in [0.29, 0.717) is 15.0 Å². The first-order valence-electron chi connectivity index (χ1n) is 7.52. The summed E-state index contributed by atoms with van der Waals surface area (Å²) in [6, 6.07) is 9.35. The summed E-state index contributed by atoms with van der Waals surface area (Å²) in [5.41, 5.74) is 0.680. The minimum Gasteiger partial charge on any atom is -0.462 e. The maximum atomic E-state index is 12.4. The van der Waals surface area contributed by atoms with Gasteiger partial charge in [0.25, 0.3) is 10.0 Å². The van der Waals surface area contributed by atoms with Crippen LogP contribution in [0.4, 0.5) is 5.69 Å². The van der Waals surface area contributed by atoms with E-state index in [4.69, 9.17) is 4.74 Å². The third-order valence-corrected chi connectivity index (χ3v) is 7.13. The standard InChI is InChI=1S/C16H17BrN2O5S2/c1-3-24-16(21)11-5-4-6-12(9-11)18-14(20)10-19(2)26(22,23)15-8-7-13(17)25-15/h4-9H,3,10H2,1-2H3,(H,18,20). The van der Waals surface area contributed by atoms with Crippen LogP contribution in [0.5, 0.6) is 0 Å². The zero-order chi connectivity index (χ0) is 19.3. The Balaban J connectivity index is 2.04. The summed E-state index contributed by atoms with van der Waals surface area (Å²) in [6.45, 7) is 1.59. The van der Waals surface area contributed by atoms with Gasteiger partial charge in [-0.1, -0.05) is 6.07 Å². The van der Waals surface area contributed by atoms with Crippen LogP contribution in [-0.4, -0.2) is 44.8 Å². The molecule has 1 N–H and O–H groups in total. The van der Waals surface area contributed by atoms with E-state index < -0.39 is 21.9 Å². The lowest BCUT2D eigenvalue weighted by molar-refractivity contribution is -0.116. The lowest BCUT2D eigenvalue weighted by Gasteiger charge is -2.16. The highest BCUT2D eigenvalue weighted by Gasteiger charge is 2.24. The zero-order valence-electron chi connectivity index (χ0n) is 14.1. The van der Waals surface area contributed by atoms with Gasteiger partial charge in [-0.25, -0.2) is 13.2 Å². The molecule has 0 fully saturated rings. The van der Waals surface area contributed by atoms with Gasteiger partial charge in [0.2, 0.25) is 5.91 Å². The number of amides is 1. The van der Waals surface area contributed by atoms with Gasteiger partial charge in [-0.05, 0) is 53.2 Å². The molecule has 1 amide bonds. The number of likely N-dealkylation sites (N-methyl/N-ethyl adjacent to an activating group) is 1. The van der Waals surface area contributed by atoms with Gasteiger partial charge in [-0.15, -0.1) is 11.3 Å². The molecule has 0 spiro atoms. The number of hydrogen-bond donors (Lipinski definition) is 1. The first-order chi connectivity index (χ1) is 12.2. The largest absolute Gasteiger partial charge is 0.462 e. The van der Waals surface area contributed by atoms with Crippen LogP contribution in [0.25, 0.3) is 0 Å². The molecular formula is C16H17BrN2O5S2. The molecule has 1 aromatic carbocycles. The van der Waals surface area contributed by atoms with E-state index in [1.807, 2.05) is 0 Å². The summed E-state index contributed by atoms with van der Waals surface area (Å²) in [7, 11) is -2.42. The van der Waals surface area contributed by atoms with E-state index in [9.17, 15) is 18.0 Å². The lowest BCUT2D eigenvalue weighted by Crippen LogP contribution is -2.34. The molecule has 0 radical (unpaired) electrons. The Bertz CT molecular complexity index is 911. The van der Waals surface area contributed by atoms with Gasteiger partial charge in [0.1, 0.15) is 4.21 Å². The van der Waals surface area contributed by atoms with Crippen LogP contribution >= 0.6 is 27.3 Å². The lowest BCUT2D eigenvalue weighted by atomic mass is 10.2. The van der Waals surface area contributed by atoms with E-state index in [0.717, 1.165) is 15.6 Å². The van der Waals surface area contributed by atoms with Gasteiger partial charge in [0.15, 0.2) is 0 Å². The monoisotopic (exact) mass is 460 g/mol. The molecule has 0 aliphatic carbocycles. The van der Waals surface area contributed by atoms with Crippen molar-refractivity contribution in [1.29, 1.82) is 0 Å². The Labute approximate surface area is 164 Å². The van der Waals surface area contributed by atoms with Crippen molar-refractivity contribution in [2.24, 2.45) is 0 Å². The fraction of sp³-hybridized carbons (Fsp3) is 0.250. The summed E-state index contributed by atoms with van der Waals surface area (Å²) >= 11 is 4.28. The van der Waals surface area contributed by atoms with Gasteiger partial charge >= 0.3 is 5.97 Å². The number of anilines is 1. The van der Waals surface area contributed by atoms with E-state index in [-0.39, 0.29) is 17.4 Å². The molecule has 0 saturated heterocycles. The number of esters is 1. The molecule has 1 aromatic heterocycles. The average Bonchev–Trinajstić information content (AvgIpc) is 3.02. The number of ether oxygens (including phenoxy) is 1. The Kier molecular flexibility index (Phi) is 6.93. The average molecular weight is 461 g/mol. The fourth-order valence-electron chi connectivity index (χ4n) is 2.02. The minimum atomic E-state index is -3.75. The highest BCUT2D eigenvalue weighted by Crippen LogP contribution is 2.27. The van der Waals surface area contributed by atoms with Crippen LogP contribution in [0, 0.1) is 0 Å². The van der Waals surface area contributed by atoms with Crippen molar-refractivity contribution in [3.05, 3.63) is 45.7 Å². The minimum absolute atomic E-state index is 0.143. The second-order valence-corrected chi connectivity index (χ2v) is 9.90. The number of benzene rings is 1. The van der Waals surface area contributed by atoms with E-state index in [1.165, 1.54) is 19.2 Å². The van der Waals surface area contributed by atoms with Crippen molar-refractivity contribution >= 4 is 54.9 Å². The van der Waals surface area contributed by atoms with Gasteiger partial charge < -0.3 is 10.1 Å². The summed E-state index contributed by atoms with van der Waals surface area (Å²) in [4.78, 5) is 23.9. The smallest absolute Gasteiger partial charge is 0.338 e. The van der Waals surface area contributed by atoms with Crippen LogP contribution in [0.2, 0.25) is 0 Å². The van der Waals surface area contributed by atoms with Crippen molar-refractivity contribution in [1.82, 2.24) is 4.31 Å². The molecule has 0 atom stereocenters. The van der Waals surface area contributed by atoms with Gasteiger partial charge in [0.05, 0.1) is 22.5 Å². The molecule has 0 aliphatic heterocycles. The predicted octanol–water partition coefficient (Wildman–Crippen LogP) is 2.95. The van der Waals surface area contributed by atoms with E-state index in [1.54, 1.807) is 31.2 Å². The second kappa shape index (κ2) is 8.76. The van der Waals surface area contributed by atoms with E-state index >= 15 is 0 Å². The van der Waals surface area contributed by atoms with Crippen molar-refractivity contribution in [2.75, 3.05) is 25.5 Å². The van der Waals surface area contributed by atoms with Crippen molar-refractivity contribution in [3.8, 4) is 0 Å². The fourth-order valence-corrected chi connectivity index (χ4v) is 5.36. The summed E-state index contributed by atoms with van der Waals surface area (Å²) in [6.07, 6.45) is 0. The van der Waals surface area contributed by atoms with Crippen molar-refractivity contribution < 1.29 is 22.7 Å². The summed E-state index contributed by atoms with van der Waals surface area (Å²) in [5, 5.41) is 2.58. The number of rotatable bonds is 7. The van der Waals surface area contributed by atoms with Gasteiger partial charge in [-0.2, -0.15) is 4.31 Å².